The molecule has 0 spiro atoms. The highest BCUT2D eigenvalue weighted by Crippen LogP contribution is 2.23. The smallest absolute Gasteiger partial charge is 0.307 e. The maximum absolute atomic E-state index is 12.5. The summed E-state index contributed by atoms with van der Waals surface area (Å²) in [4.78, 5) is 12.5. The van der Waals surface area contributed by atoms with Crippen molar-refractivity contribution in [1.82, 2.24) is 9.99 Å². The lowest BCUT2D eigenvalue weighted by Crippen LogP contribution is -2.16. The van der Waals surface area contributed by atoms with Crippen molar-refractivity contribution in [2.75, 3.05) is 0 Å². The van der Waals surface area contributed by atoms with Gasteiger partial charge >= 0.3 is 5.91 Å². The molecular formula is C26H20ClN3O2. The predicted molar refractivity (Wildman–Crippen MR) is 129 cm³/mol. The number of furan rings is 1. The summed E-state index contributed by atoms with van der Waals surface area (Å²) < 4.78 is 7.77. The normalized spacial score (nSPS) is 11.6. The first-order valence-electron chi connectivity index (χ1n) is 10.2. The van der Waals surface area contributed by atoms with Crippen molar-refractivity contribution >= 4 is 45.6 Å². The molecule has 0 aliphatic rings. The van der Waals surface area contributed by atoms with E-state index in [9.17, 15) is 4.79 Å². The Bertz CT molecular complexity index is 1460. The predicted octanol–water partition coefficient (Wildman–Crippen LogP) is 6.16. The summed E-state index contributed by atoms with van der Waals surface area (Å²) in [6.07, 6.45) is 3.70. The van der Waals surface area contributed by atoms with Crippen molar-refractivity contribution in [3.05, 3.63) is 106 Å². The number of carbonyl (C=O) groups is 1. The molecule has 2 aromatic heterocycles. The van der Waals surface area contributed by atoms with Crippen LogP contribution in [-0.2, 0) is 6.54 Å². The molecule has 3 aromatic carbocycles. The Balaban J connectivity index is 1.37. The number of hydrogen-bond donors (Lipinski definition) is 1. The number of carbonyl (C=O) groups excluding carboxylic acids is 1. The number of aryl methyl sites for hydroxylation is 1. The van der Waals surface area contributed by atoms with Gasteiger partial charge in [0.05, 0.1) is 6.21 Å². The summed E-state index contributed by atoms with van der Waals surface area (Å²) in [6.45, 7) is 2.83. The van der Waals surface area contributed by atoms with Crippen LogP contribution in [0.25, 0.3) is 21.9 Å². The number of nitrogens with one attached hydrogen (secondary N) is 1. The molecule has 5 aromatic rings. The van der Waals surface area contributed by atoms with Gasteiger partial charge in [-0.15, -0.1) is 0 Å². The second kappa shape index (κ2) is 8.36. The van der Waals surface area contributed by atoms with Crippen LogP contribution < -0.4 is 5.43 Å². The lowest BCUT2D eigenvalue weighted by atomic mass is 10.1. The summed E-state index contributed by atoms with van der Waals surface area (Å²) in [5.41, 5.74) is 7.63. The minimum Gasteiger partial charge on any atom is -0.451 e. The molecular weight excluding hydrogens is 422 g/mol. The molecule has 0 unspecified atom stereocenters. The van der Waals surface area contributed by atoms with E-state index in [1.807, 2.05) is 24.4 Å². The minimum absolute atomic E-state index is 0.182. The van der Waals surface area contributed by atoms with E-state index in [2.05, 4.69) is 52.3 Å². The van der Waals surface area contributed by atoms with Gasteiger partial charge in [-0.3, -0.25) is 4.79 Å². The second-order valence-corrected chi connectivity index (χ2v) is 8.14. The van der Waals surface area contributed by atoms with E-state index in [0.29, 0.717) is 10.6 Å². The largest absolute Gasteiger partial charge is 0.451 e. The van der Waals surface area contributed by atoms with E-state index in [-0.39, 0.29) is 5.76 Å². The van der Waals surface area contributed by atoms with Crippen molar-refractivity contribution < 1.29 is 9.21 Å². The summed E-state index contributed by atoms with van der Waals surface area (Å²) in [7, 11) is 0. The Hall–Kier alpha value is -3.83. The number of benzene rings is 3. The number of aromatic nitrogens is 1. The molecule has 158 valence electrons. The van der Waals surface area contributed by atoms with Gasteiger partial charge in [0.15, 0.2) is 5.76 Å². The van der Waals surface area contributed by atoms with Gasteiger partial charge in [0, 0.05) is 39.6 Å². The van der Waals surface area contributed by atoms with Crippen LogP contribution in [0.3, 0.4) is 0 Å². The second-order valence-electron chi connectivity index (χ2n) is 7.71. The van der Waals surface area contributed by atoms with Crippen LogP contribution in [0.1, 0.15) is 27.2 Å². The molecule has 0 radical (unpaired) electrons. The van der Waals surface area contributed by atoms with Gasteiger partial charge in [-0.05, 0) is 42.8 Å². The molecule has 0 fully saturated rings. The first-order valence-corrected chi connectivity index (χ1v) is 10.6. The summed E-state index contributed by atoms with van der Waals surface area (Å²) in [5, 5.41) is 6.59. The standard InChI is InChI=1S/C26H20ClN3O2/c1-17-6-8-18(9-7-17)15-30-16-20(22-4-2-3-5-23(22)30)14-28-29-26(31)25-13-19-12-21(27)10-11-24(19)32-25/h2-14,16H,15H2,1H3,(H,29,31)/b28-14+. The van der Waals surface area contributed by atoms with E-state index < -0.39 is 5.91 Å². The van der Waals surface area contributed by atoms with Gasteiger partial charge in [0.1, 0.15) is 5.58 Å². The first-order chi connectivity index (χ1) is 15.6. The van der Waals surface area contributed by atoms with Crippen LogP contribution in [0.4, 0.5) is 0 Å². The highest BCUT2D eigenvalue weighted by molar-refractivity contribution is 6.31. The summed E-state index contributed by atoms with van der Waals surface area (Å²) >= 11 is 6.00. The minimum atomic E-state index is -0.419. The highest BCUT2D eigenvalue weighted by Gasteiger charge is 2.12. The van der Waals surface area contributed by atoms with Crippen molar-refractivity contribution in [3.8, 4) is 0 Å². The fourth-order valence-electron chi connectivity index (χ4n) is 3.74. The molecule has 0 saturated carbocycles. The third-order valence-corrected chi connectivity index (χ3v) is 5.60. The van der Waals surface area contributed by atoms with Crippen LogP contribution in [0.15, 0.2) is 88.5 Å². The molecule has 32 heavy (non-hydrogen) atoms. The maximum atomic E-state index is 12.5. The SMILES string of the molecule is Cc1ccc(Cn2cc(/C=N/NC(=O)c3cc4cc(Cl)ccc4o3)c3ccccc32)cc1. The fraction of sp³-hybridized carbons (Fsp3) is 0.0769. The Morgan fingerprint density at radius 1 is 1.09 bits per heavy atom. The number of rotatable bonds is 5. The quantitative estimate of drug-likeness (QED) is 0.262. The molecule has 2 heterocycles. The van der Waals surface area contributed by atoms with Crippen LogP contribution in [-0.4, -0.2) is 16.7 Å². The molecule has 5 nitrogen and oxygen atoms in total. The Labute approximate surface area is 189 Å². The van der Waals surface area contributed by atoms with E-state index in [4.69, 9.17) is 16.0 Å². The average Bonchev–Trinajstić information content (AvgIpc) is 3.37. The van der Waals surface area contributed by atoms with Crippen molar-refractivity contribution in [1.29, 1.82) is 0 Å². The van der Waals surface area contributed by atoms with Crippen LogP contribution in [0.5, 0.6) is 0 Å². The number of fused-ring (bicyclic) bond motifs is 2. The first kappa shape index (κ1) is 20.1. The summed E-state index contributed by atoms with van der Waals surface area (Å²) in [6, 6.07) is 23.5. The molecule has 1 N–H and O–H groups in total. The zero-order valence-corrected chi connectivity index (χ0v) is 18.1. The molecule has 5 rings (SSSR count). The lowest BCUT2D eigenvalue weighted by Gasteiger charge is -2.06. The Kier molecular flexibility index (Phi) is 5.25. The molecule has 0 aliphatic carbocycles. The van der Waals surface area contributed by atoms with Gasteiger partial charge < -0.3 is 8.98 Å². The number of nitrogens with zero attached hydrogens (tertiary/aromatic N) is 2. The third kappa shape index (κ3) is 4.03. The van der Waals surface area contributed by atoms with E-state index >= 15 is 0 Å². The molecule has 0 aliphatic heterocycles. The number of hydrogen-bond acceptors (Lipinski definition) is 3. The Morgan fingerprint density at radius 2 is 1.91 bits per heavy atom. The number of hydrazone groups is 1. The van der Waals surface area contributed by atoms with Crippen molar-refractivity contribution in [2.45, 2.75) is 13.5 Å². The molecule has 0 saturated heterocycles. The summed E-state index contributed by atoms with van der Waals surface area (Å²) in [5.74, 6) is -0.238. The van der Waals surface area contributed by atoms with Crippen molar-refractivity contribution in [3.63, 3.8) is 0 Å². The average molecular weight is 442 g/mol. The third-order valence-electron chi connectivity index (χ3n) is 5.36. The number of para-hydroxylation sites is 1. The van der Waals surface area contributed by atoms with Gasteiger partial charge in [-0.25, -0.2) is 5.43 Å². The molecule has 0 atom stereocenters. The molecule has 6 heteroatoms. The monoisotopic (exact) mass is 441 g/mol. The van der Waals surface area contributed by atoms with Crippen LogP contribution in [0, 0.1) is 6.92 Å². The number of amides is 1. The van der Waals surface area contributed by atoms with Crippen LogP contribution in [0.2, 0.25) is 5.02 Å². The van der Waals surface area contributed by atoms with E-state index in [1.54, 1.807) is 30.5 Å². The van der Waals surface area contributed by atoms with Gasteiger partial charge in [0.2, 0.25) is 0 Å². The Morgan fingerprint density at radius 3 is 2.75 bits per heavy atom. The van der Waals surface area contributed by atoms with Crippen LogP contribution >= 0.6 is 11.6 Å². The van der Waals surface area contributed by atoms with Gasteiger partial charge in [0.25, 0.3) is 0 Å². The zero-order chi connectivity index (χ0) is 22.1. The van der Waals surface area contributed by atoms with Gasteiger partial charge in [-0.1, -0.05) is 59.6 Å². The number of halogens is 1. The van der Waals surface area contributed by atoms with E-state index in [0.717, 1.165) is 28.4 Å². The molecule has 0 bridgehead atoms. The van der Waals surface area contributed by atoms with Gasteiger partial charge in [-0.2, -0.15) is 5.10 Å². The lowest BCUT2D eigenvalue weighted by molar-refractivity contribution is 0.0929. The topological polar surface area (TPSA) is 59.5 Å². The van der Waals surface area contributed by atoms with Crippen molar-refractivity contribution in [2.24, 2.45) is 5.10 Å². The maximum Gasteiger partial charge on any atom is 0.307 e. The molecule has 1 amide bonds. The fourth-order valence-corrected chi connectivity index (χ4v) is 3.92. The zero-order valence-electron chi connectivity index (χ0n) is 17.4. The highest BCUT2D eigenvalue weighted by atomic mass is 35.5. The van der Waals surface area contributed by atoms with E-state index in [1.165, 1.54) is 11.1 Å².